The van der Waals surface area contributed by atoms with Crippen LogP contribution in [0.5, 0.6) is 0 Å². The number of aromatic nitrogens is 1. The van der Waals surface area contributed by atoms with E-state index in [2.05, 4.69) is 60.6 Å². The van der Waals surface area contributed by atoms with Crippen molar-refractivity contribution in [1.29, 1.82) is 0 Å². The van der Waals surface area contributed by atoms with E-state index in [1.165, 1.54) is 27.7 Å². The van der Waals surface area contributed by atoms with E-state index in [-0.39, 0.29) is 0 Å². The van der Waals surface area contributed by atoms with E-state index in [1.54, 1.807) is 0 Å². The van der Waals surface area contributed by atoms with E-state index in [9.17, 15) is 0 Å². The summed E-state index contributed by atoms with van der Waals surface area (Å²) >= 11 is 2.43. The van der Waals surface area contributed by atoms with E-state index in [0.29, 0.717) is 5.92 Å². The van der Waals surface area contributed by atoms with Crippen LogP contribution >= 0.6 is 22.6 Å². The highest BCUT2D eigenvalue weighted by Crippen LogP contribution is 2.17. The van der Waals surface area contributed by atoms with Crippen molar-refractivity contribution in [2.24, 2.45) is 0 Å². The number of aryl methyl sites for hydroxylation is 2. The molecule has 0 bridgehead atoms. The molecule has 0 radical (unpaired) electrons. The van der Waals surface area contributed by atoms with Gasteiger partial charge in [-0.05, 0) is 36.0 Å². The molecule has 0 atom stereocenters. The van der Waals surface area contributed by atoms with Crippen LogP contribution in [0.3, 0.4) is 0 Å². The van der Waals surface area contributed by atoms with Crippen molar-refractivity contribution < 1.29 is 0 Å². The van der Waals surface area contributed by atoms with Gasteiger partial charge in [0, 0.05) is 16.3 Å². The predicted octanol–water partition coefficient (Wildman–Crippen LogP) is 3.74. The summed E-state index contributed by atoms with van der Waals surface area (Å²) in [6, 6.07) is 2.28. The Hall–Kier alpha value is -0.120. The molecule has 0 saturated carbocycles. The second-order valence-corrected chi connectivity index (χ2v) is 4.90. The predicted molar refractivity (Wildman–Crippen MR) is 70.3 cm³/mol. The zero-order valence-electron chi connectivity index (χ0n) is 9.18. The number of halogens is 1. The van der Waals surface area contributed by atoms with E-state index >= 15 is 0 Å². The Labute approximate surface area is 100 Å². The number of hydrogen-bond acceptors (Lipinski definition) is 1. The zero-order valence-corrected chi connectivity index (χ0v) is 11.3. The van der Waals surface area contributed by atoms with Gasteiger partial charge in [0.2, 0.25) is 0 Å². The molecule has 14 heavy (non-hydrogen) atoms. The van der Waals surface area contributed by atoms with Gasteiger partial charge in [-0.2, -0.15) is 0 Å². The average molecular weight is 303 g/mol. The molecule has 1 aromatic heterocycles. The Morgan fingerprint density at radius 1 is 1.36 bits per heavy atom. The first kappa shape index (κ1) is 12.0. The average Bonchev–Trinajstić information content (AvgIpc) is 2.18. The molecule has 0 aromatic carbocycles. The first-order valence-corrected chi connectivity index (χ1v) is 6.75. The summed E-state index contributed by atoms with van der Waals surface area (Å²) < 4.78 is 1.19. The standard InChI is InChI=1S/C12H18IN/c1-4-10-8-14-12(9(2)3)7-11(10)5-6-13/h7-9H,4-6H2,1-3H3. The largest absolute Gasteiger partial charge is 0.261 e. The van der Waals surface area contributed by atoms with Gasteiger partial charge in [-0.3, -0.25) is 4.98 Å². The van der Waals surface area contributed by atoms with Crippen molar-refractivity contribution in [1.82, 2.24) is 4.98 Å². The lowest BCUT2D eigenvalue weighted by Crippen LogP contribution is -2.00. The van der Waals surface area contributed by atoms with E-state index in [4.69, 9.17) is 0 Å². The molecule has 0 spiro atoms. The molecule has 78 valence electrons. The number of pyridine rings is 1. The molecule has 1 heterocycles. The van der Waals surface area contributed by atoms with Crippen molar-refractivity contribution in [3.8, 4) is 0 Å². The maximum absolute atomic E-state index is 4.49. The molecule has 0 aliphatic heterocycles. The molecule has 0 unspecified atom stereocenters. The fraction of sp³-hybridized carbons (Fsp3) is 0.583. The maximum atomic E-state index is 4.49. The molecular formula is C12H18IN. The van der Waals surface area contributed by atoms with Crippen molar-refractivity contribution in [2.45, 2.75) is 39.5 Å². The third kappa shape index (κ3) is 2.94. The normalized spacial score (nSPS) is 10.9. The minimum Gasteiger partial charge on any atom is -0.261 e. The summed E-state index contributed by atoms with van der Waals surface area (Å²) in [4.78, 5) is 4.49. The van der Waals surface area contributed by atoms with Crippen LogP contribution in [-0.4, -0.2) is 9.41 Å². The molecule has 0 amide bonds. The van der Waals surface area contributed by atoms with Crippen molar-refractivity contribution in [3.63, 3.8) is 0 Å². The monoisotopic (exact) mass is 303 g/mol. The Bertz CT molecular complexity index is 294. The van der Waals surface area contributed by atoms with Crippen LogP contribution < -0.4 is 0 Å². The van der Waals surface area contributed by atoms with Gasteiger partial charge in [-0.1, -0.05) is 43.4 Å². The summed E-state index contributed by atoms with van der Waals surface area (Å²) in [6.07, 6.45) is 4.32. The SMILES string of the molecule is CCc1cnc(C(C)C)cc1CCI. The van der Waals surface area contributed by atoms with Crippen molar-refractivity contribution in [3.05, 3.63) is 29.1 Å². The Morgan fingerprint density at radius 3 is 2.57 bits per heavy atom. The van der Waals surface area contributed by atoms with E-state index in [0.717, 1.165) is 6.42 Å². The van der Waals surface area contributed by atoms with Crippen molar-refractivity contribution >= 4 is 22.6 Å². The molecule has 2 heteroatoms. The minimum atomic E-state index is 0.536. The summed E-state index contributed by atoms with van der Waals surface area (Å²) in [7, 11) is 0. The van der Waals surface area contributed by atoms with Crippen LogP contribution in [0, 0.1) is 0 Å². The maximum Gasteiger partial charge on any atom is 0.0431 e. The summed E-state index contributed by atoms with van der Waals surface area (Å²) in [6.45, 7) is 6.59. The lowest BCUT2D eigenvalue weighted by Gasteiger charge is -2.10. The fourth-order valence-corrected chi connectivity index (χ4v) is 2.09. The van der Waals surface area contributed by atoms with Crippen LogP contribution in [0.2, 0.25) is 0 Å². The molecule has 0 aliphatic carbocycles. The number of alkyl halides is 1. The van der Waals surface area contributed by atoms with Gasteiger partial charge in [0.15, 0.2) is 0 Å². The molecular weight excluding hydrogens is 285 g/mol. The van der Waals surface area contributed by atoms with Gasteiger partial charge in [0.05, 0.1) is 0 Å². The Kier molecular flexibility index (Phi) is 4.85. The van der Waals surface area contributed by atoms with Crippen LogP contribution in [0.4, 0.5) is 0 Å². The third-order valence-electron chi connectivity index (χ3n) is 2.44. The van der Waals surface area contributed by atoms with Gasteiger partial charge in [0.25, 0.3) is 0 Å². The number of hydrogen-bond donors (Lipinski definition) is 0. The van der Waals surface area contributed by atoms with E-state index < -0.39 is 0 Å². The smallest absolute Gasteiger partial charge is 0.0431 e. The topological polar surface area (TPSA) is 12.9 Å². The van der Waals surface area contributed by atoms with Crippen LogP contribution in [0.15, 0.2) is 12.3 Å². The third-order valence-corrected chi connectivity index (χ3v) is 2.98. The first-order chi connectivity index (χ1) is 6.69. The molecule has 0 saturated heterocycles. The van der Waals surface area contributed by atoms with Crippen LogP contribution in [-0.2, 0) is 12.8 Å². The molecule has 1 aromatic rings. The van der Waals surface area contributed by atoms with Crippen molar-refractivity contribution in [2.75, 3.05) is 4.43 Å². The number of nitrogens with zero attached hydrogens (tertiary/aromatic N) is 1. The van der Waals surface area contributed by atoms with Gasteiger partial charge in [-0.15, -0.1) is 0 Å². The summed E-state index contributed by atoms with van der Waals surface area (Å²) in [5.74, 6) is 0.536. The molecule has 0 N–H and O–H groups in total. The second kappa shape index (κ2) is 5.69. The minimum absolute atomic E-state index is 0.536. The molecule has 0 fully saturated rings. The van der Waals surface area contributed by atoms with E-state index in [1.807, 2.05) is 0 Å². The quantitative estimate of drug-likeness (QED) is 0.610. The van der Waals surface area contributed by atoms with Crippen LogP contribution in [0.1, 0.15) is 43.5 Å². The highest BCUT2D eigenvalue weighted by Gasteiger charge is 2.05. The zero-order chi connectivity index (χ0) is 10.6. The molecule has 1 rings (SSSR count). The molecule has 0 aliphatic rings. The van der Waals surface area contributed by atoms with Gasteiger partial charge in [-0.25, -0.2) is 0 Å². The Balaban J connectivity index is 3.01. The lowest BCUT2D eigenvalue weighted by molar-refractivity contribution is 0.812. The van der Waals surface area contributed by atoms with Gasteiger partial charge >= 0.3 is 0 Å². The highest BCUT2D eigenvalue weighted by atomic mass is 127. The van der Waals surface area contributed by atoms with Gasteiger partial charge < -0.3 is 0 Å². The summed E-state index contributed by atoms with van der Waals surface area (Å²) in [5.41, 5.74) is 4.12. The van der Waals surface area contributed by atoms with Crippen LogP contribution in [0.25, 0.3) is 0 Å². The summed E-state index contributed by atoms with van der Waals surface area (Å²) in [5, 5.41) is 0. The highest BCUT2D eigenvalue weighted by molar-refractivity contribution is 14.1. The van der Waals surface area contributed by atoms with Gasteiger partial charge in [0.1, 0.15) is 0 Å². The number of rotatable bonds is 4. The second-order valence-electron chi connectivity index (χ2n) is 3.83. The fourth-order valence-electron chi connectivity index (χ4n) is 1.51. The first-order valence-electron chi connectivity index (χ1n) is 5.22. The lowest BCUT2D eigenvalue weighted by atomic mass is 10.0. The Morgan fingerprint density at radius 2 is 2.07 bits per heavy atom. The molecule has 1 nitrogen and oxygen atoms in total.